The summed E-state index contributed by atoms with van der Waals surface area (Å²) in [6.07, 6.45) is 0. The summed E-state index contributed by atoms with van der Waals surface area (Å²) in [5.74, 6) is 2.44. The van der Waals surface area contributed by atoms with E-state index in [4.69, 9.17) is 21.2 Å². The minimum Gasteiger partial charge on any atom is -0.486 e. The maximum Gasteiger partial charge on any atom is 0.160 e. The molecule has 4 N–H and O–H groups in total. The molecule has 3 aromatic heterocycles. The summed E-state index contributed by atoms with van der Waals surface area (Å²) in [5.41, 5.74) is 14.4. The molecule has 148 valence electrons. The van der Waals surface area contributed by atoms with Crippen molar-refractivity contribution in [3.05, 3.63) is 60.4 Å². The van der Waals surface area contributed by atoms with Gasteiger partial charge in [-0.25, -0.2) is 15.0 Å². The predicted molar refractivity (Wildman–Crippen MR) is 115 cm³/mol. The van der Waals surface area contributed by atoms with Gasteiger partial charge < -0.3 is 20.8 Å². The van der Waals surface area contributed by atoms with E-state index in [0.29, 0.717) is 18.2 Å². The van der Waals surface area contributed by atoms with Crippen LogP contribution in [-0.2, 0) is 6.54 Å². The average Bonchev–Trinajstić information content (AvgIpc) is 2.95. The first kappa shape index (κ1) is 18.7. The van der Waals surface area contributed by atoms with Crippen molar-refractivity contribution in [3.8, 4) is 17.0 Å². The molecule has 0 fully saturated rings. The molecule has 0 radical (unpaired) electrons. The van der Waals surface area contributed by atoms with Gasteiger partial charge in [-0.15, -0.1) is 0 Å². The number of benzene rings is 1. The second-order valence-electron chi connectivity index (χ2n) is 7.66. The first-order chi connectivity index (χ1) is 13.8. The summed E-state index contributed by atoms with van der Waals surface area (Å²) in [7, 11) is 0. The summed E-state index contributed by atoms with van der Waals surface area (Å²) < 4.78 is 8.29. The summed E-state index contributed by atoms with van der Waals surface area (Å²) in [4.78, 5) is 13.5. The van der Waals surface area contributed by atoms with Crippen LogP contribution >= 0.6 is 0 Å². The highest BCUT2D eigenvalue weighted by molar-refractivity contribution is 5.77. The summed E-state index contributed by atoms with van der Waals surface area (Å²) in [6.45, 7) is 6.68. The normalized spacial score (nSPS) is 11.7. The fourth-order valence-electron chi connectivity index (χ4n) is 3.41. The standard InChI is InChI=1S/C22H24N6O/c1-14-25-18-10-9-17(15-11-19(23)27-20(24)12-15)26-21(18)28(14)13-22(2,3)29-16-7-5-4-6-8-16/h4-12H,13H2,1-3H3,(H4,23,24,27). The highest BCUT2D eigenvalue weighted by Crippen LogP contribution is 2.26. The minimum absolute atomic E-state index is 0.365. The molecular formula is C22H24N6O. The maximum absolute atomic E-state index is 6.21. The van der Waals surface area contributed by atoms with Crippen molar-refractivity contribution in [1.82, 2.24) is 19.5 Å². The molecule has 0 aliphatic rings. The average molecular weight is 388 g/mol. The quantitative estimate of drug-likeness (QED) is 0.538. The fourth-order valence-corrected chi connectivity index (χ4v) is 3.41. The van der Waals surface area contributed by atoms with E-state index in [0.717, 1.165) is 34.0 Å². The Hall–Kier alpha value is -3.61. The number of pyridine rings is 2. The second-order valence-corrected chi connectivity index (χ2v) is 7.66. The number of ether oxygens (including phenoxy) is 1. The predicted octanol–water partition coefficient (Wildman–Crippen LogP) is 3.82. The molecule has 7 nitrogen and oxygen atoms in total. The Balaban J connectivity index is 1.71. The van der Waals surface area contributed by atoms with Gasteiger partial charge in [-0.1, -0.05) is 18.2 Å². The van der Waals surface area contributed by atoms with Gasteiger partial charge in [0.1, 0.15) is 34.3 Å². The number of nitrogens with two attached hydrogens (primary N) is 2. The van der Waals surface area contributed by atoms with Crippen LogP contribution in [-0.4, -0.2) is 25.1 Å². The fraction of sp³-hybridized carbons (Fsp3) is 0.227. The number of hydrogen-bond donors (Lipinski definition) is 2. The molecule has 0 atom stereocenters. The number of anilines is 2. The van der Waals surface area contributed by atoms with Crippen LogP contribution in [0.4, 0.5) is 11.6 Å². The maximum atomic E-state index is 6.21. The number of aromatic nitrogens is 4. The van der Waals surface area contributed by atoms with Crippen LogP contribution in [0.5, 0.6) is 5.75 Å². The zero-order chi connectivity index (χ0) is 20.6. The van der Waals surface area contributed by atoms with Crippen molar-refractivity contribution in [2.75, 3.05) is 11.5 Å². The van der Waals surface area contributed by atoms with Gasteiger partial charge in [-0.3, -0.25) is 0 Å². The van der Waals surface area contributed by atoms with Gasteiger partial charge in [0.15, 0.2) is 5.65 Å². The number of nitrogens with zero attached hydrogens (tertiary/aromatic N) is 4. The van der Waals surface area contributed by atoms with Gasteiger partial charge in [0.05, 0.1) is 12.2 Å². The Bertz CT molecular complexity index is 1150. The van der Waals surface area contributed by atoms with Crippen molar-refractivity contribution >= 4 is 22.8 Å². The third kappa shape index (κ3) is 3.99. The smallest absolute Gasteiger partial charge is 0.160 e. The Morgan fingerprint density at radius 2 is 1.62 bits per heavy atom. The molecule has 0 aliphatic heterocycles. The van der Waals surface area contributed by atoms with Gasteiger partial charge in [-0.05, 0) is 57.2 Å². The zero-order valence-corrected chi connectivity index (χ0v) is 16.8. The Morgan fingerprint density at radius 3 is 2.31 bits per heavy atom. The van der Waals surface area contributed by atoms with Gasteiger partial charge in [0.25, 0.3) is 0 Å². The highest BCUT2D eigenvalue weighted by atomic mass is 16.5. The molecule has 0 spiro atoms. The van der Waals surface area contributed by atoms with Crippen LogP contribution in [0.3, 0.4) is 0 Å². The second kappa shape index (κ2) is 7.09. The number of imidazole rings is 1. The van der Waals surface area contributed by atoms with E-state index < -0.39 is 5.60 Å². The SMILES string of the molecule is Cc1nc2ccc(-c3cc(N)nc(N)c3)nc2n1CC(C)(C)Oc1ccccc1. The number of hydrogen-bond acceptors (Lipinski definition) is 6. The first-order valence-electron chi connectivity index (χ1n) is 9.42. The number of fused-ring (bicyclic) bond motifs is 1. The molecule has 0 amide bonds. The topological polar surface area (TPSA) is 105 Å². The van der Waals surface area contributed by atoms with Crippen molar-refractivity contribution < 1.29 is 4.74 Å². The summed E-state index contributed by atoms with van der Waals surface area (Å²) in [5, 5.41) is 0. The van der Waals surface area contributed by atoms with E-state index in [1.165, 1.54) is 0 Å². The molecule has 0 unspecified atom stereocenters. The van der Waals surface area contributed by atoms with Crippen molar-refractivity contribution in [2.45, 2.75) is 32.9 Å². The van der Waals surface area contributed by atoms with E-state index in [-0.39, 0.29) is 0 Å². The lowest BCUT2D eigenvalue weighted by Crippen LogP contribution is -2.34. The van der Waals surface area contributed by atoms with Gasteiger partial charge >= 0.3 is 0 Å². The van der Waals surface area contributed by atoms with E-state index in [1.807, 2.05) is 49.4 Å². The molecule has 4 rings (SSSR count). The molecular weight excluding hydrogens is 364 g/mol. The first-order valence-corrected chi connectivity index (χ1v) is 9.42. The molecule has 0 aliphatic carbocycles. The van der Waals surface area contributed by atoms with Crippen LogP contribution < -0.4 is 16.2 Å². The molecule has 0 saturated heterocycles. The summed E-state index contributed by atoms with van der Waals surface area (Å²) >= 11 is 0. The highest BCUT2D eigenvalue weighted by Gasteiger charge is 2.24. The third-order valence-corrected chi connectivity index (χ3v) is 4.62. The van der Waals surface area contributed by atoms with Gasteiger partial charge in [0.2, 0.25) is 0 Å². The monoisotopic (exact) mass is 388 g/mol. The van der Waals surface area contributed by atoms with Crippen molar-refractivity contribution in [3.63, 3.8) is 0 Å². The molecule has 7 heteroatoms. The Morgan fingerprint density at radius 1 is 0.931 bits per heavy atom. The number of nitrogen functional groups attached to an aromatic ring is 2. The van der Waals surface area contributed by atoms with E-state index in [9.17, 15) is 0 Å². The van der Waals surface area contributed by atoms with Crippen molar-refractivity contribution in [1.29, 1.82) is 0 Å². The Kier molecular flexibility index (Phi) is 4.58. The van der Waals surface area contributed by atoms with E-state index in [1.54, 1.807) is 12.1 Å². The van der Waals surface area contributed by atoms with Crippen LogP contribution in [0.15, 0.2) is 54.6 Å². The van der Waals surface area contributed by atoms with Crippen LogP contribution in [0.2, 0.25) is 0 Å². The number of rotatable bonds is 5. The van der Waals surface area contributed by atoms with E-state index in [2.05, 4.69) is 28.4 Å². The molecule has 0 bridgehead atoms. The summed E-state index contributed by atoms with van der Waals surface area (Å²) in [6, 6.07) is 17.2. The third-order valence-electron chi connectivity index (χ3n) is 4.62. The molecule has 4 aromatic rings. The Labute approximate surface area is 169 Å². The molecule has 29 heavy (non-hydrogen) atoms. The van der Waals surface area contributed by atoms with Crippen LogP contribution in [0, 0.1) is 6.92 Å². The van der Waals surface area contributed by atoms with Crippen molar-refractivity contribution in [2.24, 2.45) is 0 Å². The molecule has 0 saturated carbocycles. The van der Waals surface area contributed by atoms with E-state index >= 15 is 0 Å². The molecule has 3 heterocycles. The zero-order valence-electron chi connectivity index (χ0n) is 16.8. The van der Waals surface area contributed by atoms with Crippen LogP contribution in [0.1, 0.15) is 19.7 Å². The minimum atomic E-state index is -0.455. The lowest BCUT2D eigenvalue weighted by atomic mass is 10.1. The number of aryl methyl sites for hydroxylation is 1. The van der Waals surface area contributed by atoms with Gasteiger partial charge in [-0.2, -0.15) is 0 Å². The lowest BCUT2D eigenvalue weighted by Gasteiger charge is -2.27. The van der Waals surface area contributed by atoms with Crippen LogP contribution in [0.25, 0.3) is 22.4 Å². The largest absolute Gasteiger partial charge is 0.486 e. The number of para-hydroxylation sites is 1. The van der Waals surface area contributed by atoms with Gasteiger partial charge in [0, 0.05) is 5.56 Å². The lowest BCUT2D eigenvalue weighted by molar-refractivity contribution is 0.0898. The molecule has 1 aromatic carbocycles.